The second-order valence-electron chi connectivity index (χ2n) is 7.39. The van der Waals surface area contributed by atoms with Crippen LogP contribution in [0, 0.1) is 0 Å². The molecule has 0 saturated heterocycles. The predicted molar refractivity (Wildman–Crippen MR) is 127 cm³/mol. The van der Waals surface area contributed by atoms with Gasteiger partial charge in [0.25, 0.3) is 5.91 Å². The maximum absolute atomic E-state index is 12.4. The average Bonchev–Trinajstić information content (AvgIpc) is 3.41. The van der Waals surface area contributed by atoms with Crippen molar-refractivity contribution in [1.82, 2.24) is 10.3 Å². The predicted octanol–water partition coefficient (Wildman–Crippen LogP) is 4.02. The van der Waals surface area contributed by atoms with Crippen LogP contribution in [0.1, 0.15) is 32.8 Å². The lowest BCUT2D eigenvalue weighted by molar-refractivity contribution is 0.0947. The highest BCUT2D eigenvalue weighted by Crippen LogP contribution is 2.15. The number of carbonyl (C=O) groups excluding carboxylic acids is 1. The molecule has 0 fully saturated rings. The van der Waals surface area contributed by atoms with E-state index in [-0.39, 0.29) is 18.3 Å². The van der Waals surface area contributed by atoms with Crippen molar-refractivity contribution in [2.24, 2.45) is 10.9 Å². The lowest BCUT2D eigenvalue weighted by Gasteiger charge is -2.08. The van der Waals surface area contributed by atoms with Crippen LogP contribution >= 0.6 is 0 Å². The fourth-order valence-electron chi connectivity index (χ4n) is 3.11. The number of amides is 1. The Hall–Kier alpha value is -4.59. The number of pyridine rings is 1. The molecule has 0 aliphatic rings. The number of carbonyl (C=O) groups is 1. The van der Waals surface area contributed by atoms with Gasteiger partial charge in [0.05, 0.1) is 12.8 Å². The van der Waals surface area contributed by atoms with Crippen LogP contribution < -0.4 is 15.8 Å². The van der Waals surface area contributed by atoms with E-state index in [1.807, 2.05) is 36.4 Å². The van der Waals surface area contributed by atoms with Gasteiger partial charge >= 0.3 is 0 Å². The van der Waals surface area contributed by atoms with Crippen molar-refractivity contribution >= 4 is 11.7 Å². The van der Waals surface area contributed by atoms with E-state index in [0.29, 0.717) is 35.8 Å². The van der Waals surface area contributed by atoms with Crippen LogP contribution in [0.2, 0.25) is 0 Å². The molecular formula is C26H24N4O4. The van der Waals surface area contributed by atoms with Crippen molar-refractivity contribution in [1.29, 1.82) is 0 Å². The number of amidine groups is 1. The van der Waals surface area contributed by atoms with E-state index in [9.17, 15) is 4.79 Å². The van der Waals surface area contributed by atoms with Crippen molar-refractivity contribution < 1.29 is 18.8 Å². The van der Waals surface area contributed by atoms with Crippen LogP contribution in [0.4, 0.5) is 0 Å². The third-order valence-electron chi connectivity index (χ3n) is 4.84. The molecular weight excluding hydrogens is 432 g/mol. The fraction of sp³-hybridized carbons (Fsp3) is 0.115. The van der Waals surface area contributed by atoms with Crippen LogP contribution in [-0.2, 0) is 24.6 Å². The molecule has 4 rings (SSSR count). The monoisotopic (exact) mass is 456 g/mol. The highest BCUT2D eigenvalue weighted by Gasteiger charge is 2.08. The number of furan rings is 1. The maximum atomic E-state index is 12.4. The quantitative estimate of drug-likeness (QED) is 0.212. The normalized spacial score (nSPS) is 11.1. The number of hydrogen-bond acceptors (Lipinski definition) is 6. The number of rotatable bonds is 10. The average molecular weight is 457 g/mol. The topological polar surface area (TPSA) is 112 Å². The van der Waals surface area contributed by atoms with Crippen molar-refractivity contribution in [3.8, 4) is 5.75 Å². The fourth-order valence-corrected chi connectivity index (χ4v) is 3.11. The van der Waals surface area contributed by atoms with E-state index >= 15 is 0 Å². The number of aromatic nitrogens is 1. The first kappa shape index (κ1) is 22.6. The Morgan fingerprint density at radius 3 is 2.65 bits per heavy atom. The van der Waals surface area contributed by atoms with Gasteiger partial charge in [-0.25, -0.2) is 0 Å². The highest BCUT2D eigenvalue weighted by molar-refractivity contribution is 5.97. The summed E-state index contributed by atoms with van der Waals surface area (Å²) in [5.74, 6) is 1.36. The number of benzene rings is 2. The molecule has 2 heterocycles. The Labute approximate surface area is 197 Å². The summed E-state index contributed by atoms with van der Waals surface area (Å²) < 4.78 is 11.0. The molecule has 3 N–H and O–H groups in total. The third-order valence-corrected chi connectivity index (χ3v) is 4.84. The molecule has 0 bridgehead atoms. The third kappa shape index (κ3) is 6.46. The molecule has 0 aliphatic heterocycles. The lowest BCUT2D eigenvalue weighted by Crippen LogP contribution is -2.22. The molecule has 0 atom stereocenters. The second kappa shape index (κ2) is 11.3. The van der Waals surface area contributed by atoms with Crippen LogP contribution in [0.25, 0.3) is 0 Å². The minimum atomic E-state index is -0.204. The summed E-state index contributed by atoms with van der Waals surface area (Å²) in [5, 5.41) is 6.82. The summed E-state index contributed by atoms with van der Waals surface area (Å²) >= 11 is 0. The van der Waals surface area contributed by atoms with Gasteiger partial charge in [-0.05, 0) is 48.0 Å². The zero-order valence-electron chi connectivity index (χ0n) is 18.4. The van der Waals surface area contributed by atoms with E-state index < -0.39 is 0 Å². The minimum absolute atomic E-state index is 0.164. The standard InChI is InChI=1S/C26H24N4O4/c27-25(21-7-2-9-23(14-21)33-17-20-6-3-11-28-15-20)30-34-18-19-5-1-8-22(13-19)26(31)29-16-24-10-4-12-32-24/h1-15H,16-18H2,(H2,27,30)(H,29,31). The molecule has 8 nitrogen and oxygen atoms in total. The molecule has 0 saturated carbocycles. The van der Waals surface area contributed by atoms with Crippen LogP contribution in [-0.4, -0.2) is 16.7 Å². The number of nitrogens with zero attached hydrogens (tertiary/aromatic N) is 2. The van der Waals surface area contributed by atoms with Gasteiger partial charge in [-0.3, -0.25) is 9.78 Å². The molecule has 4 aromatic rings. The van der Waals surface area contributed by atoms with Crippen LogP contribution in [0.5, 0.6) is 5.75 Å². The van der Waals surface area contributed by atoms with Gasteiger partial charge in [0, 0.05) is 29.1 Å². The van der Waals surface area contributed by atoms with Crippen molar-refractivity contribution in [2.75, 3.05) is 0 Å². The van der Waals surface area contributed by atoms with Crippen molar-refractivity contribution in [3.05, 3.63) is 119 Å². The Morgan fingerprint density at radius 1 is 0.971 bits per heavy atom. The van der Waals surface area contributed by atoms with Crippen LogP contribution in [0.3, 0.4) is 0 Å². The number of oxime groups is 1. The van der Waals surface area contributed by atoms with Crippen LogP contribution in [0.15, 0.2) is 101 Å². The molecule has 1 amide bonds. The highest BCUT2D eigenvalue weighted by atomic mass is 16.6. The number of ether oxygens (including phenoxy) is 1. The van der Waals surface area contributed by atoms with E-state index in [0.717, 1.165) is 11.1 Å². The first-order valence-electron chi connectivity index (χ1n) is 10.6. The summed E-state index contributed by atoms with van der Waals surface area (Å²) in [4.78, 5) is 21.9. The Bertz CT molecular complexity index is 1240. The molecule has 0 spiro atoms. The number of nitrogens with one attached hydrogen (secondary N) is 1. The van der Waals surface area contributed by atoms with E-state index in [1.165, 1.54) is 0 Å². The molecule has 2 aromatic carbocycles. The van der Waals surface area contributed by atoms with Gasteiger partial charge in [-0.2, -0.15) is 0 Å². The smallest absolute Gasteiger partial charge is 0.251 e. The van der Waals surface area contributed by atoms with Gasteiger partial charge in [0.2, 0.25) is 0 Å². The summed E-state index contributed by atoms with van der Waals surface area (Å²) in [6.07, 6.45) is 5.04. The van der Waals surface area contributed by atoms with E-state index in [2.05, 4.69) is 15.5 Å². The first-order chi connectivity index (χ1) is 16.7. The maximum Gasteiger partial charge on any atom is 0.251 e. The summed E-state index contributed by atoms with van der Waals surface area (Å²) in [7, 11) is 0. The lowest BCUT2D eigenvalue weighted by atomic mass is 10.1. The zero-order valence-corrected chi connectivity index (χ0v) is 18.4. The minimum Gasteiger partial charge on any atom is -0.489 e. The van der Waals surface area contributed by atoms with Gasteiger partial charge in [0.15, 0.2) is 5.84 Å². The van der Waals surface area contributed by atoms with Crippen molar-refractivity contribution in [3.63, 3.8) is 0 Å². The van der Waals surface area contributed by atoms with Gasteiger partial charge in [0.1, 0.15) is 24.7 Å². The first-order valence-corrected chi connectivity index (χ1v) is 10.6. The largest absolute Gasteiger partial charge is 0.489 e. The summed E-state index contributed by atoms with van der Waals surface area (Å²) in [6.45, 7) is 0.881. The van der Waals surface area contributed by atoms with Gasteiger partial charge < -0.3 is 25.0 Å². The Kier molecular flexibility index (Phi) is 7.53. The van der Waals surface area contributed by atoms with E-state index in [4.69, 9.17) is 19.7 Å². The molecule has 2 aromatic heterocycles. The molecule has 0 radical (unpaired) electrons. The molecule has 34 heavy (non-hydrogen) atoms. The number of nitrogens with two attached hydrogens (primary N) is 1. The molecule has 8 heteroatoms. The van der Waals surface area contributed by atoms with Crippen molar-refractivity contribution in [2.45, 2.75) is 19.8 Å². The molecule has 172 valence electrons. The molecule has 0 aliphatic carbocycles. The SMILES string of the molecule is N/C(=N/OCc1cccc(C(=O)NCc2ccco2)c1)c1cccc(OCc2cccnc2)c1. The summed E-state index contributed by atoms with van der Waals surface area (Å²) in [6, 6.07) is 21.8. The molecule has 0 unspecified atom stereocenters. The Morgan fingerprint density at radius 2 is 1.82 bits per heavy atom. The summed E-state index contributed by atoms with van der Waals surface area (Å²) in [5.41, 5.74) is 9.03. The van der Waals surface area contributed by atoms with E-state index in [1.54, 1.807) is 55.1 Å². The van der Waals surface area contributed by atoms with Gasteiger partial charge in [-0.1, -0.05) is 35.5 Å². The second-order valence-corrected chi connectivity index (χ2v) is 7.39. The number of hydrogen-bond donors (Lipinski definition) is 2. The van der Waals surface area contributed by atoms with Gasteiger partial charge in [-0.15, -0.1) is 0 Å². The zero-order chi connectivity index (χ0) is 23.6. The Balaban J connectivity index is 1.30.